The molecule has 7 nitrogen and oxygen atoms in total. The number of hydrogen-bond donors (Lipinski definition) is 2. The SMILES string of the molecule is CC(C)(C)OC(=O)N[C@@H](CCC(=O)OCc1ccccc1)C(=O)NC1Cc2ccccc2C1. The maximum atomic E-state index is 13.0. The largest absolute Gasteiger partial charge is 0.461 e. The molecule has 176 valence electrons. The number of fused-ring (bicyclic) bond motifs is 1. The first-order valence-electron chi connectivity index (χ1n) is 11.3. The summed E-state index contributed by atoms with van der Waals surface area (Å²) in [5, 5.41) is 5.63. The lowest BCUT2D eigenvalue weighted by atomic mass is 10.1. The molecule has 2 N–H and O–H groups in total. The van der Waals surface area contributed by atoms with Crippen LogP contribution in [0.4, 0.5) is 4.79 Å². The fourth-order valence-electron chi connectivity index (χ4n) is 3.75. The molecule has 33 heavy (non-hydrogen) atoms. The topological polar surface area (TPSA) is 93.7 Å². The van der Waals surface area contributed by atoms with Crippen LogP contribution in [0.2, 0.25) is 0 Å². The molecule has 0 aliphatic heterocycles. The monoisotopic (exact) mass is 452 g/mol. The highest BCUT2D eigenvalue weighted by atomic mass is 16.6. The molecule has 3 rings (SSSR count). The van der Waals surface area contributed by atoms with Gasteiger partial charge in [-0.3, -0.25) is 9.59 Å². The van der Waals surface area contributed by atoms with Crippen molar-refractivity contribution >= 4 is 18.0 Å². The summed E-state index contributed by atoms with van der Waals surface area (Å²) in [5.74, 6) is -0.773. The fourth-order valence-corrected chi connectivity index (χ4v) is 3.75. The van der Waals surface area contributed by atoms with Gasteiger partial charge in [-0.2, -0.15) is 0 Å². The van der Waals surface area contributed by atoms with Crippen molar-refractivity contribution in [3.63, 3.8) is 0 Å². The second kappa shape index (κ2) is 11.0. The first-order valence-corrected chi connectivity index (χ1v) is 11.3. The van der Waals surface area contributed by atoms with E-state index < -0.39 is 23.7 Å². The maximum absolute atomic E-state index is 13.0. The summed E-state index contributed by atoms with van der Waals surface area (Å²) in [6.45, 7) is 5.41. The number of amides is 2. The number of hydrogen-bond acceptors (Lipinski definition) is 5. The van der Waals surface area contributed by atoms with E-state index >= 15 is 0 Å². The third-order valence-electron chi connectivity index (χ3n) is 5.28. The van der Waals surface area contributed by atoms with Crippen molar-refractivity contribution < 1.29 is 23.9 Å². The van der Waals surface area contributed by atoms with E-state index in [1.54, 1.807) is 20.8 Å². The van der Waals surface area contributed by atoms with Crippen molar-refractivity contribution in [3.05, 3.63) is 71.3 Å². The number of carbonyl (C=O) groups excluding carboxylic acids is 3. The Morgan fingerprint density at radius 1 is 0.970 bits per heavy atom. The Hall–Kier alpha value is -3.35. The van der Waals surface area contributed by atoms with Crippen molar-refractivity contribution in [1.29, 1.82) is 0 Å². The minimum atomic E-state index is -0.909. The molecule has 0 saturated heterocycles. The molecule has 2 amide bonds. The van der Waals surface area contributed by atoms with Crippen LogP contribution in [-0.4, -0.2) is 35.7 Å². The van der Waals surface area contributed by atoms with Gasteiger partial charge in [-0.15, -0.1) is 0 Å². The van der Waals surface area contributed by atoms with Gasteiger partial charge in [0.1, 0.15) is 18.2 Å². The first-order chi connectivity index (χ1) is 15.7. The van der Waals surface area contributed by atoms with Crippen LogP contribution in [0, 0.1) is 0 Å². The van der Waals surface area contributed by atoms with Crippen molar-refractivity contribution in [3.8, 4) is 0 Å². The quantitative estimate of drug-likeness (QED) is 0.596. The van der Waals surface area contributed by atoms with E-state index in [1.807, 2.05) is 42.5 Å². The molecular formula is C26H32N2O5. The zero-order valence-electron chi connectivity index (χ0n) is 19.4. The number of benzene rings is 2. The van der Waals surface area contributed by atoms with Gasteiger partial charge in [-0.25, -0.2) is 4.79 Å². The molecule has 2 aromatic rings. The number of esters is 1. The van der Waals surface area contributed by atoms with Crippen LogP contribution < -0.4 is 10.6 Å². The molecule has 0 fully saturated rings. The number of alkyl carbamates (subject to hydrolysis) is 1. The Balaban J connectivity index is 1.56. The number of ether oxygens (including phenoxy) is 2. The van der Waals surface area contributed by atoms with E-state index in [1.165, 1.54) is 11.1 Å². The number of rotatable bonds is 8. The molecule has 1 aliphatic rings. The first kappa shape index (κ1) is 24.3. The summed E-state index contributed by atoms with van der Waals surface area (Å²) in [6.07, 6.45) is 0.875. The van der Waals surface area contributed by atoms with E-state index in [4.69, 9.17) is 9.47 Å². The van der Waals surface area contributed by atoms with Crippen molar-refractivity contribution in [2.24, 2.45) is 0 Å². The lowest BCUT2D eigenvalue weighted by Gasteiger charge is -2.24. The molecule has 0 heterocycles. The molecule has 2 aromatic carbocycles. The predicted molar refractivity (Wildman–Crippen MR) is 124 cm³/mol. The molecule has 7 heteroatoms. The molecule has 1 aliphatic carbocycles. The van der Waals surface area contributed by atoms with Gasteiger partial charge in [-0.1, -0.05) is 54.6 Å². The summed E-state index contributed by atoms with van der Waals surface area (Å²) in [5.41, 5.74) is 2.60. The maximum Gasteiger partial charge on any atom is 0.408 e. The molecule has 0 spiro atoms. The van der Waals surface area contributed by atoms with Crippen LogP contribution in [0.3, 0.4) is 0 Å². The second-order valence-corrected chi connectivity index (χ2v) is 9.27. The zero-order valence-corrected chi connectivity index (χ0v) is 19.4. The second-order valence-electron chi connectivity index (χ2n) is 9.27. The van der Waals surface area contributed by atoms with Crippen LogP contribution in [0.15, 0.2) is 54.6 Å². The van der Waals surface area contributed by atoms with Gasteiger partial charge in [0.05, 0.1) is 0 Å². The van der Waals surface area contributed by atoms with Crippen LogP contribution in [-0.2, 0) is 38.5 Å². The van der Waals surface area contributed by atoms with Crippen molar-refractivity contribution in [2.45, 2.75) is 70.7 Å². The van der Waals surface area contributed by atoms with E-state index in [0.29, 0.717) is 0 Å². The van der Waals surface area contributed by atoms with Gasteiger partial charge in [0.15, 0.2) is 0 Å². The van der Waals surface area contributed by atoms with Crippen LogP contribution in [0.5, 0.6) is 0 Å². The van der Waals surface area contributed by atoms with Gasteiger partial charge in [0.25, 0.3) is 0 Å². The summed E-state index contributed by atoms with van der Waals surface area (Å²) in [7, 11) is 0. The van der Waals surface area contributed by atoms with E-state index in [9.17, 15) is 14.4 Å². The smallest absolute Gasteiger partial charge is 0.408 e. The zero-order chi connectivity index (χ0) is 23.8. The van der Waals surface area contributed by atoms with Gasteiger partial charge < -0.3 is 20.1 Å². The highest BCUT2D eigenvalue weighted by molar-refractivity contribution is 5.86. The van der Waals surface area contributed by atoms with Gasteiger partial charge in [0.2, 0.25) is 5.91 Å². The lowest BCUT2D eigenvalue weighted by molar-refractivity contribution is -0.145. The van der Waals surface area contributed by atoms with Crippen LogP contribution >= 0.6 is 0 Å². The third-order valence-corrected chi connectivity index (χ3v) is 5.28. The highest BCUT2D eigenvalue weighted by Crippen LogP contribution is 2.22. The molecule has 0 bridgehead atoms. The summed E-state index contributed by atoms with van der Waals surface area (Å²) in [4.78, 5) is 37.6. The number of nitrogens with one attached hydrogen (secondary N) is 2. The van der Waals surface area contributed by atoms with Crippen LogP contribution in [0.25, 0.3) is 0 Å². The Morgan fingerprint density at radius 3 is 2.18 bits per heavy atom. The van der Waals surface area contributed by atoms with E-state index in [0.717, 1.165) is 18.4 Å². The van der Waals surface area contributed by atoms with E-state index in [-0.39, 0.29) is 31.4 Å². The Bertz CT molecular complexity index is 943. The standard InChI is InChI=1S/C26H32N2O5/c1-26(2,3)33-25(31)28-22(13-14-23(29)32-17-18-9-5-4-6-10-18)24(30)27-21-15-19-11-7-8-12-20(19)16-21/h4-12,21-22H,13-17H2,1-3H3,(H,27,30)(H,28,31)/t22-/m0/s1. The lowest BCUT2D eigenvalue weighted by Crippen LogP contribution is -2.51. The Morgan fingerprint density at radius 2 is 1.58 bits per heavy atom. The molecule has 1 atom stereocenters. The molecule has 0 aromatic heterocycles. The molecule has 0 unspecified atom stereocenters. The summed E-state index contributed by atoms with van der Waals surface area (Å²) in [6, 6.07) is 16.5. The minimum absolute atomic E-state index is 0.00832. The van der Waals surface area contributed by atoms with Gasteiger partial charge >= 0.3 is 12.1 Å². The highest BCUT2D eigenvalue weighted by Gasteiger charge is 2.29. The minimum Gasteiger partial charge on any atom is -0.461 e. The molecular weight excluding hydrogens is 420 g/mol. The predicted octanol–water partition coefficient (Wildman–Crippen LogP) is 3.69. The normalized spacial score (nSPS) is 14.2. The fraction of sp³-hybridized carbons (Fsp3) is 0.423. The summed E-state index contributed by atoms with van der Waals surface area (Å²) < 4.78 is 10.6. The van der Waals surface area contributed by atoms with E-state index in [2.05, 4.69) is 22.8 Å². The average Bonchev–Trinajstić information content (AvgIpc) is 3.16. The Labute approximate surface area is 194 Å². The van der Waals surface area contributed by atoms with Gasteiger partial charge in [-0.05, 0) is 56.7 Å². The average molecular weight is 453 g/mol. The Kier molecular flexibility index (Phi) is 8.09. The van der Waals surface area contributed by atoms with Gasteiger partial charge in [0, 0.05) is 12.5 Å². The summed E-state index contributed by atoms with van der Waals surface area (Å²) >= 11 is 0. The molecule has 0 radical (unpaired) electrons. The van der Waals surface area contributed by atoms with Crippen molar-refractivity contribution in [2.75, 3.05) is 0 Å². The van der Waals surface area contributed by atoms with Crippen LogP contribution in [0.1, 0.15) is 50.3 Å². The third kappa shape index (κ3) is 7.93. The number of carbonyl (C=O) groups is 3. The molecule has 0 saturated carbocycles. The van der Waals surface area contributed by atoms with Crippen molar-refractivity contribution in [1.82, 2.24) is 10.6 Å².